The summed E-state index contributed by atoms with van der Waals surface area (Å²) in [6, 6.07) is 1.76. The summed E-state index contributed by atoms with van der Waals surface area (Å²) in [5.74, 6) is -1.77. The Bertz CT molecular complexity index is 723. The van der Waals surface area contributed by atoms with Crippen LogP contribution in [0.3, 0.4) is 0 Å². The minimum atomic E-state index is -0.922. The number of fused-ring (bicyclic) bond motifs is 1. The van der Waals surface area contributed by atoms with E-state index in [1.165, 1.54) is 4.90 Å². The van der Waals surface area contributed by atoms with E-state index in [2.05, 4.69) is 10.1 Å². The number of carbonyl (C=O) groups is 2. The largest absolute Gasteiger partial charge is 0.481 e. The third-order valence-corrected chi connectivity index (χ3v) is 3.65. The van der Waals surface area contributed by atoms with Crippen molar-refractivity contribution in [3.05, 3.63) is 23.5 Å². The average molecular weight is 304 g/mol. The van der Waals surface area contributed by atoms with Crippen LogP contribution in [-0.4, -0.2) is 50.2 Å². The Labute approximate surface area is 128 Å². The van der Waals surface area contributed by atoms with Gasteiger partial charge in [-0.3, -0.25) is 9.59 Å². The Morgan fingerprint density at radius 1 is 1.45 bits per heavy atom. The van der Waals surface area contributed by atoms with E-state index in [9.17, 15) is 9.59 Å². The molecule has 2 heterocycles. The fraction of sp³-hybridized carbons (Fsp3) is 0.467. The van der Waals surface area contributed by atoms with Crippen LogP contribution in [0.1, 0.15) is 29.9 Å². The Balaban J connectivity index is 2.31. The lowest BCUT2D eigenvalue weighted by Crippen LogP contribution is -2.34. The van der Waals surface area contributed by atoms with Gasteiger partial charge in [-0.05, 0) is 19.9 Å². The fourth-order valence-corrected chi connectivity index (χ4v) is 2.32. The average Bonchev–Trinajstić information content (AvgIpc) is 2.87. The molecule has 2 rings (SSSR count). The molecule has 0 aliphatic carbocycles. The quantitative estimate of drug-likeness (QED) is 0.905. The minimum Gasteiger partial charge on any atom is -0.481 e. The molecule has 0 aromatic carbocycles. The molecule has 0 radical (unpaired) electrons. The van der Waals surface area contributed by atoms with E-state index >= 15 is 0 Å². The molecule has 0 saturated carbocycles. The number of aryl methyl sites for hydroxylation is 2. The van der Waals surface area contributed by atoms with Gasteiger partial charge in [0.05, 0.1) is 23.4 Å². The van der Waals surface area contributed by atoms with Gasteiger partial charge in [0.1, 0.15) is 0 Å². The molecular formula is C15H20N4O3. The van der Waals surface area contributed by atoms with Crippen molar-refractivity contribution in [3.8, 4) is 0 Å². The van der Waals surface area contributed by atoms with Gasteiger partial charge in [-0.25, -0.2) is 9.67 Å². The number of carboxylic acid groups (broad SMARTS) is 1. The van der Waals surface area contributed by atoms with Gasteiger partial charge < -0.3 is 10.0 Å². The predicted octanol–water partition coefficient (Wildman–Crippen LogP) is 1.55. The lowest BCUT2D eigenvalue weighted by molar-refractivity contribution is -0.141. The molecule has 22 heavy (non-hydrogen) atoms. The van der Waals surface area contributed by atoms with Crippen LogP contribution >= 0.6 is 0 Å². The fourth-order valence-electron chi connectivity index (χ4n) is 2.32. The smallest absolute Gasteiger partial charge is 0.308 e. The minimum absolute atomic E-state index is 0.153. The first-order valence-electron chi connectivity index (χ1n) is 7.16. The van der Waals surface area contributed by atoms with Crippen molar-refractivity contribution in [2.24, 2.45) is 5.92 Å². The Morgan fingerprint density at radius 3 is 2.73 bits per heavy atom. The third-order valence-electron chi connectivity index (χ3n) is 3.65. The van der Waals surface area contributed by atoms with Crippen molar-refractivity contribution in [1.82, 2.24) is 19.7 Å². The van der Waals surface area contributed by atoms with E-state index in [-0.39, 0.29) is 12.5 Å². The number of aliphatic carboxylic acids is 1. The van der Waals surface area contributed by atoms with Crippen LogP contribution in [0.2, 0.25) is 0 Å². The van der Waals surface area contributed by atoms with E-state index in [0.717, 1.165) is 11.0 Å². The Hall–Kier alpha value is -2.44. The summed E-state index contributed by atoms with van der Waals surface area (Å²) in [7, 11) is 1.60. The second-order valence-corrected chi connectivity index (χ2v) is 5.42. The maximum Gasteiger partial charge on any atom is 0.308 e. The van der Waals surface area contributed by atoms with Crippen LogP contribution in [0.5, 0.6) is 0 Å². The maximum absolute atomic E-state index is 12.5. The molecule has 7 nitrogen and oxygen atoms in total. The molecule has 118 valence electrons. The van der Waals surface area contributed by atoms with E-state index in [4.69, 9.17) is 5.11 Å². The first kappa shape index (κ1) is 15.9. The maximum atomic E-state index is 12.5. The van der Waals surface area contributed by atoms with Crippen LogP contribution in [-0.2, 0) is 11.3 Å². The van der Waals surface area contributed by atoms with Crippen LogP contribution in [0.25, 0.3) is 11.0 Å². The van der Waals surface area contributed by atoms with E-state index in [1.54, 1.807) is 37.8 Å². The number of rotatable bonds is 5. The zero-order valence-corrected chi connectivity index (χ0v) is 13.2. The molecule has 0 fully saturated rings. The van der Waals surface area contributed by atoms with Crippen molar-refractivity contribution in [2.45, 2.75) is 27.3 Å². The third kappa shape index (κ3) is 2.93. The summed E-state index contributed by atoms with van der Waals surface area (Å²) in [6.07, 6.45) is 1.68. The molecule has 1 amide bonds. The number of nitrogens with zero attached hydrogens (tertiary/aromatic N) is 4. The highest BCUT2D eigenvalue weighted by molar-refractivity contribution is 5.98. The van der Waals surface area contributed by atoms with Gasteiger partial charge in [-0.1, -0.05) is 6.92 Å². The van der Waals surface area contributed by atoms with E-state index in [0.29, 0.717) is 17.8 Å². The summed E-state index contributed by atoms with van der Waals surface area (Å²) in [5.41, 5.74) is 1.84. The summed E-state index contributed by atoms with van der Waals surface area (Å²) >= 11 is 0. The first-order valence-corrected chi connectivity index (χ1v) is 7.16. The molecule has 1 N–H and O–H groups in total. The number of hydrogen-bond donors (Lipinski definition) is 1. The van der Waals surface area contributed by atoms with Crippen molar-refractivity contribution < 1.29 is 14.7 Å². The van der Waals surface area contributed by atoms with Gasteiger partial charge in [0.15, 0.2) is 5.65 Å². The summed E-state index contributed by atoms with van der Waals surface area (Å²) in [5, 5.41) is 14.0. The summed E-state index contributed by atoms with van der Waals surface area (Å²) in [4.78, 5) is 29.3. The second kappa shape index (κ2) is 6.13. The number of carbonyl (C=O) groups excluding carboxylic acids is 1. The van der Waals surface area contributed by atoms with Crippen molar-refractivity contribution in [1.29, 1.82) is 0 Å². The first-order chi connectivity index (χ1) is 10.3. The van der Waals surface area contributed by atoms with E-state index < -0.39 is 11.9 Å². The lowest BCUT2D eigenvalue weighted by atomic mass is 10.1. The predicted molar refractivity (Wildman–Crippen MR) is 81.7 cm³/mol. The molecule has 7 heteroatoms. The standard InChI is InChI=1S/C15H20N4O3/c1-5-19-13-11(7-16-19)6-12(10(3)17-13)14(20)18(4)8-9(2)15(21)22/h6-7,9H,5,8H2,1-4H3,(H,21,22). The summed E-state index contributed by atoms with van der Waals surface area (Å²) < 4.78 is 1.77. The normalized spacial score (nSPS) is 12.4. The van der Waals surface area contributed by atoms with Gasteiger partial charge in [-0.15, -0.1) is 0 Å². The van der Waals surface area contributed by atoms with Crippen LogP contribution in [0.15, 0.2) is 12.3 Å². The summed E-state index contributed by atoms with van der Waals surface area (Å²) in [6.45, 7) is 6.18. The van der Waals surface area contributed by atoms with Gasteiger partial charge in [-0.2, -0.15) is 5.10 Å². The molecule has 2 aromatic rings. The molecule has 0 spiro atoms. The van der Waals surface area contributed by atoms with Crippen molar-refractivity contribution >= 4 is 22.9 Å². The van der Waals surface area contributed by atoms with Crippen molar-refractivity contribution in [2.75, 3.05) is 13.6 Å². The number of amides is 1. The monoisotopic (exact) mass is 304 g/mol. The number of aromatic nitrogens is 3. The number of pyridine rings is 1. The highest BCUT2D eigenvalue weighted by Crippen LogP contribution is 2.18. The van der Waals surface area contributed by atoms with Crippen LogP contribution in [0, 0.1) is 12.8 Å². The van der Waals surface area contributed by atoms with Gasteiger partial charge in [0.2, 0.25) is 0 Å². The van der Waals surface area contributed by atoms with Gasteiger partial charge in [0, 0.05) is 25.5 Å². The molecular weight excluding hydrogens is 284 g/mol. The molecule has 2 aromatic heterocycles. The molecule has 0 bridgehead atoms. The molecule has 0 saturated heterocycles. The topological polar surface area (TPSA) is 88.3 Å². The van der Waals surface area contributed by atoms with E-state index in [1.807, 2.05) is 6.92 Å². The number of hydrogen-bond acceptors (Lipinski definition) is 4. The molecule has 1 unspecified atom stereocenters. The zero-order valence-electron chi connectivity index (χ0n) is 13.2. The highest BCUT2D eigenvalue weighted by Gasteiger charge is 2.21. The van der Waals surface area contributed by atoms with Crippen molar-refractivity contribution in [3.63, 3.8) is 0 Å². The Morgan fingerprint density at radius 2 is 2.14 bits per heavy atom. The highest BCUT2D eigenvalue weighted by atomic mass is 16.4. The second-order valence-electron chi connectivity index (χ2n) is 5.42. The SMILES string of the molecule is CCn1ncc2cc(C(=O)N(C)CC(C)C(=O)O)c(C)nc21. The number of carboxylic acids is 1. The molecule has 0 aliphatic heterocycles. The van der Waals surface area contributed by atoms with Gasteiger partial charge >= 0.3 is 5.97 Å². The lowest BCUT2D eigenvalue weighted by Gasteiger charge is -2.20. The zero-order chi connectivity index (χ0) is 16.4. The van der Waals surface area contributed by atoms with Crippen LogP contribution in [0.4, 0.5) is 0 Å². The molecule has 1 atom stereocenters. The van der Waals surface area contributed by atoms with Crippen LogP contribution < -0.4 is 0 Å². The Kier molecular flexibility index (Phi) is 4.44. The molecule has 0 aliphatic rings. The van der Waals surface area contributed by atoms with Gasteiger partial charge in [0.25, 0.3) is 5.91 Å².